The maximum Gasteiger partial charge on any atom is 0.0700 e. The van der Waals surface area contributed by atoms with Crippen molar-refractivity contribution in [3.05, 3.63) is 10.4 Å². The summed E-state index contributed by atoms with van der Waals surface area (Å²) in [5, 5.41) is 3.38. The first-order chi connectivity index (χ1) is 8.83. The van der Waals surface area contributed by atoms with E-state index < -0.39 is 0 Å². The monoisotopic (exact) mass is 256 g/mol. The maximum absolute atomic E-state index is 8.06. The van der Waals surface area contributed by atoms with Gasteiger partial charge in [0, 0.05) is 24.6 Å². The Hall–Kier alpha value is -0.810. The SMILES string of the molecule is CN1CCCC(CCOCCOCCN=[N+]=[N-])C1. The Morgan fingerprint density at radius 3 is 2.78 bits per heavy atom. The fourth-order valence-corrected chi connectivity index (χ4v) is 2.23. The summed E-state index contributed by atoms with van der Waals surface area (Å²) in [6.07, 6.45) is 3.78. The minimum absolute atomic E-state index is 0.394. The zero-order valence-corrected chi connectivity index (χ0v) is 11.3. The Balaban J connectivity index is 1.84. The summed E-state index contributed by atoms with van der Waals surface area (Å²) in [5.74, 6) is 0.787. The summed E-state index contributed by atoms with van der Waals surface area (Å²) < 4.78 is 10.8. The maximum atomic E-state index is 8.06. The number of piperidine rings is 1. The van der Waals surface area contributed by atoms with Crippen LogP contribution in [0.1, 0.15) is 19.3 Å². The molecule has 1 aliphatic heterocycles. The second-order valence-corrected chi connectivity index (χ2v) is 4.74. The van der Waals surface area contributed by atoms with Gasteiger partial charge in [0.25, 0.3) is 0 Å². The Morgan fingerprint density at radius 1 is 1.28 bits per heavy atom. The van der Waals surface area contributed by atoms with Gasteiger partial charge in [-0.3, -0.25) is 0 Å². The van der Waals surface area contributed by atoms with Crippen LogP contribution in [0.2, 0.25) is 0 Å². The van der Waals surface area contributed by atoms with E-state index in [1.807, 2.05) is 0 Å². The lowest BCUT2D eigenvalue weighted by Gasteiger charge is -2.29. The molecule has 1 heterocycles. The predicted molar refractivity (Wildman–Crippen MR) is 70.5 cm³/mol. The van der Waals surface area contributed by atoms with Crippen molar-refractivity contribution < 1.29 is 9.47 Å². The molecule has 104 valence electrons. The van der Waals surface area contributed by atoms with Crippen molar-refractivity contribution in [2.75, 3.05) is 53.1 Å². The number of azide groups is 1. The quantitative estimate of drug-likeness (QED) is 0.274. The normalized spacial score (nSPS) is 20.6. The molecule has 18 heavy (non-hydrogen) atoms. The van der Waals surface area contributed by atoms with Crippen molar-refractivity contribution in [3.63, 3.8) is 0 Å². The van der Waals surface area contributed by atoms with Crippen LogP contribution in [0.15, 0.2) is 5.11 Å². The van der Waals surface area contributed by atoms with Crippen molar-refractivity contribution in [3.8, 4) is 0 Å². The van der Waals surface area contributed by atoms with Crippen LogP contribution in [-0.2, 0) is 9.47 Å². The van der Waals surface area contributed by atoms with Crippen molar-refractivity contribution in [2.24, 2.45) is 11.0 Å². The summed E-state index contributed by atoms with van der Waals surface area (Å²) in [5.41, 5.74) is 8.06. The summed E-state index contributed by atoms with van der Waals surface area (Å²) in [4.78, 5) is 5.05. The molecule has 0 saturated carbocycles. The minimum atomic E-state index is 0.394. The van der Waals surface area contributed by atoms with Gasteiger partial charge in [-0.2, -0.15) is 0 Å². The first-order valence-electron chi connectivity index (χ1n) is 6.68. The third-order valence-electron chi connectivity index (χ3n) is 3.16. The lowest BCUT2D eigenvalue weighted by Crippen LogP contribution is -2.32. The van der Waals surface area contributed by atoms with Gasteiger partial charge >= 0.3 is 0 Å². The fraction of sp³-hybridized carbons (Fsp3) is 1.00. The highest BCUT2D eigenvalue weighted by atomic mass is 16.5. The Morgan fingerprint density at radius 2 is 2.06 bits per heavy atom. The molecule has 0 aromatic heterocycles. The van der Waals surface area contributed by atoms with Crippen molar-refractivity contribution in [2.45, 2.75) is 19.3 Å². The predicted octanol–water partition coefficient (Wildman–Crippen LogP) is 2.06. The molecule has 0 amide bonds. The van der Waals surface area contributed by atoms with E-state index in [2.05, 4.69) is 22.0 Å². The summed E-state index contributed by atoms with van der Waals surface area (Å²) in [6, 6.07) is 0. The van der Waals surface area contributed by atoms with E-state index in [0.717, 1.165) is 18.9 Å². The van der Waals surface area contributed by atoms with Gasteiger partial charge in [0.1, 0.15) is 0 Å². The largest absolute Gasteiger partial charge is 0.379 e. The van der Waals surface area contributed by atoms with Gasteiger partial charge in [0.15, 0.2) is 0 Å². The van der Waals surface area contributed by atoms with Crippen molar-refractivity contribution in [1.82, 2.24) is 4.90 Å². The number of ether oxygens (including phenoxy) is 2. The van der Waals surface area contributed by atoms with E-state index in [-0.39, 0.29) is 0 Å². The number of nitrogens with zero attached hydrogens (tertiary/aromatic N) is 4. The second kappa shape index (κ2) is 10.1. The molecule has 0 spiro atoms. The van der Waals surface area contributed by atoms with Crippen LogP contribution in [0.5, 0.6) is 0 Å². The molecule has 6 heteroatoms. The first kappa shape index (κ1) is 15.2. The van der Waals surface area contributed by atoms with Gasteiger partial charge in [-0.15, -0.1) is 0 Å². The topological polar surface area (TPSA) is 70.5 Å². The molecule has 0 bridgehead atoms. The average molecular weight is 256 g/mol. The molecule has 1 unspecified atom stereocenters. The lowest BCUT2D eigenvalue weighted by atomic mass is 9.96. The van der Waals surface area contributed by atoms with E-state index in [1.54, 1.807) is 0 Å². The Labute approximate surface area is 109 Å². The fourth-order valence-electron chi connectivity index (χ4n) is 2.23. The van der Waals surface area contributed by atoms with Gasteiger partial charge in [-0.25, -0.2) is 0 Å². The zero-order valence-electron chi connectivity index (χ0n) is 11.3. The standard InChI is InChI=1S/C12H24N4O2/c1-16-6-2-3-12(11-16)4-7-17-9-10-18-8-5-14-15-13/h12H,2-11H2,1H3. The average Bonchev–Trinajstić information content (AvgIpc) is 2.37. The molecule has 1 aliphatic rings. The van der Waals surface area contributed by atoms with Crippen LogP contribution in [0, 0.1) is 5.92 Å². The van der Waals surface area contributed by atoms with E-state index in [0.29, 0.717) is 26.4 Å². The zero-order chi connectivity index (χ0) is 13.1. The van der Waals surface area contributed by atoms with E-state index in [4.69, 9.17) is 15.0 Å². The molecule has 1 saturated heterocycles. The number of rotatable bonds is 9. The minimum Gasteiger partial charge on any atom is -0.379 e. The van der Waals surface area contributed by atoms with Crippen LogP contribution < -0.4 is 0 Å². The van der Waals surface area contributed by atoms with Crippen molar-refractivity contribution >= 4 is 0 Å². The Bertz CT molecular complexity index is 256. The van der Waals surface area contributed by atoms with Crippen molar-refractivity contribution in [1.29, 1.82) is 0 Å². The van der Waals surface area contributed by atoms with Gasteiger partial charge < -0.3 is 14.4 Å². The molecular weight excluding hydrogens is 232 g/mol. The smallest absolute Gasteiger partial charge is 0.0700 e. The van der Waals surface area contributed by atoms with E-state index in [1.165, 1.54) is 25.9 Å². The molecule has 0 N–H and O–H groups in total. The summed E-state index contributed by atoms with van der Waals surface area (Å²) >= 11 is 0. The first-order valence-corrected chi connectivity index (χ1v) is 6.68. The molecule has 1 fully saturated rings. The second-order valence-electron chi connectivity index (χ2n) is 4.74. The Kier molecular flexibility index (Phi) is 8.59. The molecule has 0 aromatic carbocycles. The molecule has 1 atom stereocenters. The van der Waals surface area contributed by atoms with Crippen LogP contribution in [-0.4, -0.2) is 58.0 Å². The van der Waals surface area contributed by atoms with Gasteiger partial charge in [0.2, 0.25) is 0 Å². The third kappa shape index (κ3) is 7.50. The van der Waals surface area contributed by atoms with Gasteiger partial charge in [-0.1, -0.05) is 5.11 Å². The number of hydrogen-bond acceptors (Lipinski definition) is 4. The van der Waals surface area contributed by atoms with Crippen LogP contribution in [0.3, 0.4) is 0 Å². The molecule has 1 rings (SSSR count). The number of hydrogen-bond donors (Lipinski definition) is 0. The highest BCUT2D eigenvalue weighted by Gasteiger charge is 2.16. The summed E-state index contributed by atoms with van der Waals surface area (Å²) in [7, 11) is 2.19. The molecule has 0 radical (unpaired) electrons. The highest BCUT2D eigenvalue weighted by molar-refractivity contribution is 4.70. The van der Waals surface area contributed by atoms with E-state index >= 15 is 0 Å². The molecule has 0 aliphatic carbocycles. The molecule has 6 nitrogen and oxygen atoms in total. The molecule has 0 aromatic rings. The van der Waals surface area contributed by atoms with Crippen LogP contribution in [0.25, 0.3) is 10.4 Å². The highest BCUT2D eigenvalue weighted by Crippen LogP contribution is 2.18. The van der Waals surface area contributed by atoms with Crippen LogP contribution in [0.4, 0.5) is 0 Å². The van der Waals surface area contributed by atoms with Gasteiger partial charge in [-0.05, 0) is 44.3 Å². The van der Waals surface area contributed by atoms with Gasteiger partial charge in [0.05, 0.1) is 19.8 Å². The van der Waals surface area contributed by atoms with E-state index in [9.17, 15) is 0 Å². The third-order valence-corrected chi connectivity index (χ3v) is 3.16. The lowest BCUT2D eigenvalue weighted by molar-refractivity contribution is 0.0414. The molecular formula is C12H24N4O2. The summed E-state index contributed by atoms with van der Waals surface area (Å²) in [6.45, 7) is 5.32. The van der Waals surface area contributed by atoms with Crippen LogP contribution >= 0.6 is 0 Å². The number of likely N-dealkylation sites (tertiary alicyclic amines) is 1.